The first-order valence-corrected chi connectivity index (χ1v) is 9.98. The van der Waals surface area contributed by atoms with Crippen LogP contribution in [-0.4, -0.2) is 42.9 Å². The second-order valence-electron chi connectivity index (χ2n) is 5.85. The maximum absolute atomic E-state index is 12.7. The highest BCUT2D eigenvalue weighted by Crippen LogP contribution is 2.25. The molecule has 1 N–H and O–H groups in total. The fraction of sp³-hybridized carbons (Fsp3) is 0.600. The van der Waals surface area contributed by atoms with Crippen LogP contribution < -0.4 is 5.32 Å². The molecule has 1 heterocycles. The lowest BCUT2D eigenvalue weighted by atomic mass is 10.2. The molecule has 0 radical (unpaired) electrons. The van der Waals surface area contributed by atoms with Gasteiger partial charge in [0.2, 0.25) is 10.0 Å². The molecule has 4 nitrogen and oxygen atoms in total. The molecule has 0 bridgehead atoms. The van der Waals surface area contributed by atoms with Crippen molar-refractivity contribution in [1.82, 2.24) is 9.62 Å². The van der Waals surface area contributed by atoms with Gasteiger partial charge in [-0.1, -0.05) is 19.1 Å². The van der Waals surface area contributed by atoms with E-state index in [4.69, 9.17) is 0 Å². The summed E-state index contributed by atoms with van der Waals surface area (Å²) in [7, 11) is -3.35. The number of rotatable bonds is 5. The molecule has 6 heteroatoms. The summed E-state index contributed by atoms with van der Waals surface area (Å²) >= 11 is 1.84. The van der Waals surface area contributed by atoms with Crippen LogP contribution in [0.15, 0.2) is 29.2 Å². The normalized spacial score (nSPS) is 24.1. The van der Waals surface area contributed by atoms with Crippen molar-refractivity contribution >= 4 is 21.8 Å². The SMILES string of the molecule is CC1CN(S(=O)(=O)c2cccc(CNC3CC3)c2)CCS1. The van der Waals surface area contributed by atoms with Gasteiger partial charge >= 0.3 is 0 Å². The summed E-state index contributed by atoms with van der Waals surface area (Å²) in [6, 6.07) is 7.99. The van der Waals surface area contributed by atoms with Crippen molar-refractivity contribution in [3.05, 3.63) is 29.8 Å². The predicted molar refractivity (Wildman–Crippen MR) is 87.0 cm³/mol. The Hall–Kier alpha value is -0.560. The monoisotopic (exact) mass is 326 g/mol. The van der Waals surface area contributed by atoms with Gasteiger partial charge in [-0.3, -0.25) is 0 Å². The second-order valence-corrected chi connectivity index (χ2v) is 9.33. The van der Waals surface area contributed by atoms with Crippen LogP contribution in [0, 0.1) is 0 Å². The molecule has 0 aromatic heterocycles. The van der Waals surface area contributed by atoms with Crippen LogP contribution in [0.2, 0.25) is 0 Å². The zero-order valence-corrected chi connectivity index (χ0v) is 13.9. The standard InChI is InChI=1S/C15H22N2O2S2/c1-12-11-17(7-8-20-12)21(18,19)15-4-2-3-13(9-15)10-16-14-5-6-14/h2-4,9,12,14,16H,5-8,10-11H2,1H3. The number of hydrogen-bond donors (Lipinski definition) is 1. The lowest BCUT2D eigenvalue weighted by Gasteiger charge is -2.29. The highest BCUT2D eigenvalue weighted by Gasteiger charge is 2.29. The third-order valence-corrected chi connectivity index (χ3v) is 6.91. The first-order chi connectivity index (χ1) is 10.1. The van der Waals surface area contributed by atoms with E-state index in [-0.39, 0.29) is 0 Å². The molecule has 1 aromatic carbocycles. The molecule has 1 atom stereocenters. The Bertz CT molecular complexity index is 599. The maximum Gasteiger partial charge on any atom is 0.243 e. The molecule has 1 saturated carbocycles. The van der Waals surface area contributed by atoms with Crippen LogP contribution in [0.1, 0.15) is 25.3 Å². The van der Waals surface area contributed by atoms with E-state index < -0.39 is 10.0 Å². The zero-order chi connectivity index (χ0) is 14.9. The largest absolute Gasteiger partial charge is 0.310 e. The van der Waals surface area contributed by atoms with Gasteiger partial charge < -0.3 is 5.32 Å². The maximum atomic E-state index is 12.7. The fourth-order valence-corrected chi connectivity index (χ4v) is 5.34. The van der Waals surface area contributed by atoms with Gasteiger partial charge in [-0.05, 0) is 30.5 Å². The van der Waals surface area contributed by atoms with Gasteiger partial charge in [-0.2, -0.15) is 16.1 Å². The Kier molecular flexibility index (Phi) is 4.59. The summed E-state index contributed by atoms with van der Waals surface area (Å²) in [5, 5.41) is 3.80. The van der Waals surface area contributed by atoms with Gasteiger partial charge in [-0.15, -0.1) is 0 Å². The predicted octanol–water partition coefficient (Wildman–Crippen LogP) is 2.06. The Morgan fingerprint density at radius 3 is 2.90 bits per heavy atom. The van der Waals surface area contributed by atoms with Crippen molar-refractivity contribution in [2.24, 2.45) is 0 Å². The van der Waals surface area contributed by atoms with Gasteiger partial charge in [0.1, 0.15) is 0 Å². The molecular weight excluding hydrogens is 304 g/mol. The summed E-state index contributed by atoms with van der Waals surface area (Å²) in [6.07, 6.45) is 2.47. The lowest BCUT2D eigenvalue weighted by molar-refractivity contribution is 0.424. The highest BCUT2D eigenvalue weighted by molar-refractivity contribution is 8.00. The van der Waals surface area contributed by atoms with E-state index in [1.165, 1.54) is 12.8 Å². The first kappa shape index (κ1) is 15.3. The van der Waals surface area contributed by atoms with Crippen molar-refractivity contribution in [3.8, 4) is 0 Å². The zero-order valence-electron chi connectivity index (χ0n) is 12.3. The third-order valence-electron chi connectivity index (χ3n) is 3.91. The summed E-state index contributed by atoms with van der Waals surface area (Å²) < 4.78 is 27.1. The average molecular weight is 326 g/mol. The molecular formula is C15H22N2O2S2. The van der Waals surface area contributed by atoms with Gasteiger partial charge in [-0.25, -0.2) is 8.42 Å². The Balaban J connectivity index is 1.75. The summed E-state index contributed by atoms with van der Waals surface area (Å²) in [6.45, 7) is 4.06. The molecule has 1 aliphatic carbocycles. The molecule has 1 unspecified atom stereocenters. The Morgan fingerprint density at radius 2 is 2.19 bits per heavy atom. The van der Waals surface area contributed by atoms with E-state index in [1.807, 2.05) is 30.0 Å². The number of benzene rings is 1. The van der Waals surface area contributed by atoms with E-state index in [2.05, 4.69) is 12.2 Å². The van der Waals surface area contributed by atoms with E-state index in [0.29, 0.717) is 29.3 Å². The summed E-state index contributed by atoms with van der Waals surface area (Å²) in [4.78, 5) is 0.427. The molecule has 0 amide bonds. The molecule has 2 aliphatic rings. The molecule has 1 aromatic rings. The molecule has 3 rings (SSSR count). The van der Waals surface area contributed by atoms with Gasteiger partial charge in [0, 0.05) is 36.7 Å². The van der Waals surface area contributed by atoms with Crippen molar-refractivity contribution < 1.29 is 8.42 Å². The van der Waals surface area contributed by atoms with Crippen LogP contribution >= 0.6 is 11.8 Å². The molecule has 1 aliphatic heterocycles. The minimum absolute atomic E-state index is 0.369. The Morgan fingerprint density at radius 1 is 1.38 bits per heavy atom. The Labute approximate surface area is 131 Å². The van der Waals surface area contributed by atoms with Crippen LogP contribution in [0.5, 0.6) is 0 Å². The fourth-order valence-electron chi connectivity index (χ4n) is 2.52. The minimum Gasteiger partial charge on any atom is -0.310 e. The van der Waals surface area contributed by atoms with Crippen molar-refractivity contribution in [1.29, 1.82) is 0 Å². The quantitative estimate of drug-likeness (QED) is 0.900. The topological polar surface area (TPSA) is 49.4 Å². The number of nitrogens with one attached hydrogen (secondary N) is 1. The smallest absolute Gasteiger partial charge is 0.243 e. The van der Waals surface area contributed by atoms with Crippen molar-refractivity contribution in [2.75, 3.05) is 18.8 Å². The van der Waals surface area contributed by atoms with Gasteiger partial charge in [0.25, 0.3) is 0 Å². The average Bonchev–Trinajstić information content (AvgIpc) is 3.30. The summed E-state index contributed by atoms with van der Waals surface area (Å²) in [5.74, 6) is 0.878. The molecule has 21 heavy (non-hydrogen) atoms. The van der Waals surface area contributed by atoms with Crippen LogP contribution in [0.25, 0.3) is 0 Å². The number of sulfonamides is 1. The van der Waals surface area contributed by atoms with Gasteiger partial charge in [0.15, 0.2) is 0 Å². The minimum atomic E-state index is -3.35. The molecule has 0 spiro atoms. The second kappa shape index (κ2) is 6.28. The third kappa shape index (κ3) is 3.80. The van der Waals surface area contributed by atoms with E-state index in [0.717, 1.165) is 17.9 Å². The van der Waals surface area contributed by atoms with E-state index in [9.17, 15) is 8.42 Å². The lowest BCUT2D eigenvalue weighted by Crippen LogP contribution is -2.40. The van der Waals surface area contributed by atoms with Crippen LogP contribution in [0.4, 0.5) is 0 Å². The van der Waals surface area contributed by atoms with Crippen molar-refractivity contribution in [3.63, 3.8) is 0 Å². The summed E-state index contributed by atoms with van der Waals surface area (Å²) in [5.41, 5.74) is 1.04. The molecule has 116 valence electrons. The number of hydrogen-bond acceptors (Lipinski definition) is 4. The van der Waals surface area contributed by atoms with Crippen molar-refractivity contribution in [2.45, 2.75) is 42.5 Å². The van der Waals surface area contributed by atoms with Gasteiger partial charge in [0.05, 0.1) is 4.90 Å². The molecule has 1 saturated heterocycles. The van der Waals surface area contributed by atoms with Crippen LogP contribution in [-0.2, 0) is 16.6 Å². The van der Waals surface area contributed by atoms with Crippen LogP contribution in [0.3, 0.4) is 0 Å². The number of thioether (sulfide) groups is 1. The highest BCUT2D eigenvalue weighted by atomic mass is 32.2. The van der Waals surface area contributed by atoms with E-state index in [1.54, 1.807) is 10.4 Å². The first-order valence-electron chi connectivity index (χ1n) is 7.50. The molecule has 2 fully saturated rings. The number of nitrogens with zero attached hydrogens (tertiary/aromatic N) is 1. The van der Waals surface area contributed by atoms with E-state index >= 15 is 0 Å².